The molecule has 0 amide bonds. The summed E-state index contributed by atoms with van der Waals surface area (Å²) < 4.78 is 0. The quantitative estimate of drug-likeness (QED) is 0.794. The van der Waals surface area contributed by atoms with Crippen LogP contribution in [0.4, 0.5) is 0 Å². The normalized spacial score (nSPS) is 12.5. The highest BCUT2D eigenvalue weighted by atomic mass is 35.5. The molecular weight excluding hydrogens is 221 g/mol. The summed E-state index contributed by atoms with van der Waals surface area (Å²) in [6, 6.07) is 5.46. The lowest BCUT2D eigenvalue weighted by molar-refractivity contribution is 0.760. The van der Waals surface area contributed by atoms with Gasteiger partial charge in [-0.2, -0.15) is 0 Å². The van der Waals surface area contributed by atoms with Crippen molar-refractivity contribution in [3.05, 3.63) is 29.0 Å². The summed E-state index contributed by atoms with van der Waals surface area (Å²) >= 11 is 5.83. The zero-order valence-corrected chi connectivity index (χ0v) is 9.19. The van der Waals surface area contributed by atoms with Crippen LogP contribution in [0.15, 0.2) is 18.2 Å². The van der Waals surface area contributed by atoms with Gasteiger partial charge >= 0.3 is 0 Å². The van der Waals surface area contributed by atoms with E-state index >= 15 is 0 Å². The van der Waals surface area contributed by atoms with Gasteiger partial charge < -0.3 is 10.7 Å². The van der Waals surface area contributed by atoms with E-state index in [0.29, 0.717) is 5.02 Å². The van der Waals surface area contributed by atoms with Crippen molar-refractivity contribution < 1.29 is 0 Å². The number of benzene rings is 1. The van der Waals surface area contributed by atoms with Gasteiger partial charge in [-0.3, -0.25) is 0 Å². The number of fused-ring (bicyclic) bond motifs is 1. The lowest BCUT2D eigenvalue weighted by Gasteiger charge is -1.96. The van der Waals surface area contributed by atoms with Crippen LogP contribution in [0.3, 0.4) is 0 Å². The highest BCUT2D eigenvalue weighted by Gasteiger charge is 2.05. The molecule has 2 aromatic rings. The van der Waals surface area contributed by atoms with Gasteiger partial charge in [0, 0.05) is 5.02 Å². The van der Waals surface area contributed by atoms with E-state index < -0.39 is 0 Å². The Bertz CT molecular complexity index is 437. The Kier molecular flexibility index (Phi) is 3.37. The minimum absolute atomic E-state index is 0. The maximum absolute atomic E-state index is 5.83. The smallest absolute Gasteiger partial charge is 0.123 e. The molecule has 0 aliphatic carbocycles. The number of nitrogens with two attached hydrogens (primary N) is 1. The Hall–Kier alpha value is -0.770. The van der Waals surface area contributed by atoms with Gasteiger partial charge in [-0.25, -0.2) is 4.98 Å². The summed E-state index contributed by atoms with van der Waals surface area (Å²) in [6.45, 7) is 1.89. The summed E-state index contributed by atoms with van der Waals surface area (Å²) in [4.78, 5) is 7.43. The number of imidazole rings is 1. The molecule has 76 valence electrons. The summed E-state index contributed by atoms with van der Waals surface area (Å²) in [6.07, 6.45) is 0. The summed E-state index contributed by atoms with van der Waals surface area (Å²) in [5, 5.41) is 0.701. The maximum Gasteiger partial charge on any atom is 0.123 e. The van der Waals surface area contributed by atoms with Gasteiger partial charge in [-0.05, 0) is 25.1 Å². The largest absolute Gasteiger partial charge is 0.341 e. The standard InChI is InChI=1S/C9H10ClN3.ClH/c1-5(11)9-12-7-3-2-6(10)4-8(7)13-9;/h2-5H,11H2,1H3,(H,12,13);1H. The molecule has 1 heterocycles. The van der Waals surface area contributed by atoms with Gasteiger partial charge in [-0.15, -0.1) is 12.4 Å². The molecular formula is C9H11Cl2N3. The van der Waals surface area contributed by atoms with Crippen LogP contribution in [0, 0.1) is 0 Å². The molecule has 2 rings (SSSR count). The Morgan fingerprint density at radius 1 is 1.50 bits per heavy atom. The van der Waals surface area contributed by atoms with Gasteiger partial charge in [-0.1, -0.05) is 11.6 Å². The Balaban J connectivity index is 0.000000980. The molecule has 3 N–H and O–H groups in total. The number of aromatic amines is 1. The fourth-order valence-electron chi connectivity index (χ4n) is 1.22. The van der Waals surface area contributed by atoms with E-state index in [4.69, 9.17) is 17.3 Å². The third-order valence-corrected chi connectivity index (χ3v) is 2.13. The Morgan fingerprint density at radius 3 is 2.86 bits per heavy atom. The number of nitrogens with one attached hydrogen (secondary N) is 1. The second-order valence-electron chi connectivity index (χ2n) is 3.07. The second-order valence-corrected chi connectivity index (χ2v) is 3.51. The number of halogens is 2. The van der Waals surface area contributed by atoms with E-state index in [1.54, 1.807) is 0 Å². The first-order valence-electron chi connectivity index (χ1n) is 4.07. The second kappa shape index (κ2) is 4.17. The van der Waals surface area contributed by atoms with E-state index in [1.165, 1.54) is 0 Å². The van der Waals surface area contributed by atoms with Crippen molar-refractivity contribution in [2.45, 2.75) is 13.0 Å². The predicted molar refractivity (Wildman–Crippen MR) is 61.0 cm³/mol. The van der Waals surface area contributed by atoms with E-state index in [1.807, 2.05) is 25.1 Å². The third kappa shape index (κ3) is 2.00. The molecule has 0 bridgehead atoms. The molecule has 0 saturated heterocycles. The minimum Gasteiger partial charge on any atom is -0.341 e. The zero-order valence-electron chi connectivity index (χ0n) is 7.62. The molecule has 5 heteroatoms. The van der Waals surface area contributed by atoms with Crippen LogP contribution >= 0.6 is 24.0 Å². The van der Waals surface area contributed by atoms with Crippen LogP contribution in [0.1, 0.15) is 18.8 Å². The highest BCUT2D eigenvalue weighted by molar-refractivity contribution is 6.31. The first-order chi connectivity index (χ1) is 6.16. The minimum atomic E-state index is -0.0776. The average molecular weight is 232 g/mol. The predicted octanol–water partition coefficient (Wildman–Crippen LogP) is 2.66. The third-order valence-electron chi connectivity index (χ3n) is 1.89. The molecule has 0 aliphatic heterocycles. The van der Waals surface area contributed by atoms with Gasteiger partial charge in [0.1, 0.15) is 5.82 Å². The van der Waals surface area contributed by atoms with E-state index in [-0.39, 0.29) is 18.4 Å². The van der Waals surface area contributed by atoms with Gasteiger partial charge in [0.15, 0.2) is 0 Å². The van der Waals surface area contributed by atoms with Crippen molar-refractivity contribution in [1.29, 1.82) is 0 Å². The number of hydrogen-bond acceptors (Lipinski definition) is 2. The molecule has 1 aromatic heterocycles. The van der Waals surface area contributed by atoms with E-state index in [9.17, 15) is 0 Å². The fraction of sp³-hybridized carbons (Fsp3) is 0.222. The van der Waals surface area contributed by atoms with Crippen LogP contribution in [0.2, 0.25) is 5.02 Å². The summed E-state index contributed by atoms with van der Waals surface area (Å²) in [5.74, 6) is 0.789. The summed E-state index contributed by atoms with van der Waals surface area (Å²) in [7, 11) is 0. The van der Waals surface area contributed by atoms with Crippen LogP contribution in [0.5, 0.6) is 0 Å². The monoisotopic (exact) mass is 231 g/mol. The van der Waals surface area contributed by atoms with Gasteiger partial charge in [0.05, 0.1) is 17.1 Å². The number of hydrogen-bond donors (Lipinski definition) is 2. The molecule has 0 fully saturated rings. The molecule has 1 aromatic carbocycles. The number of H-pyrrole nitrogens is 1. The van der Waals surface area contributed by atoms with Crippen molar-refractivity contribution in [2.24, 2.45) is 5.73 Å². The molecule has 3 nitrogen and oxygen atoms in total. The number of rotatable bonds is 1. The topological polar surface area (TPSA) is 54.7 Å². The molecule has 14 heavy (non-hydrogen) atoms. The summed E-state index contributed by atoms with van der Waals surface area (Å²) in [5.41, 5.74) is 7.52. The maximum atomic E-state index is 5.83. The molecule has 1 unspecified atom stereocenters. The van der Waals surface area contributed by atoms with E-state index in [0.717, 1.165) is 16.9 Å². The molecule has 1 atom stereocenters. The zero-order chi connectivity index (χ0) is 9.42. The van der Waals surface area contributed by atoms with Crippen molar-refractivity contribution in [3.63, 3.8) is 0 Å². The van der Waals surface area contributed by atoms with Gasteiger partial charge in [0.25, 0.3) is 0 Å². The number of nitrogens with zero attached hydrogens (tertiary/aromatic N) is 1. The molecule has 0 radical (unpaired) electrons. The lowest BCUT2D eigenvalue weighted by Crippen LogP contribution is -2.06. The number of aromatic nitrogens is 2. The first-order valence-corrected chi connectivity index (χ1v) is 4.45. The highest BCUT2D eigenvalue weighted by Crippen LogP contribution is 2.18. The lowest BCUT2D eigenvalue weighted by atomic mass is 10.3. The first kappa shape index (κ1) is 11.3. The van der Waals surface area contributed by atoms with Crippen molar-refractivity contribution in [2.75, 3.05) is 0 Å². The van der Waals surface area contributed by atoms with Crippen LogP contribution in [0.25, 0.3) is 11.0 Å². The van der Waals surface area contributed by atoms with Crippen molar-refractivity contribution >= 4 is 35.0 Å². The molecule has 0 spiro atoms. The van der Waals surface area contributed by atoms with Gasteiger partial charge in [0.2, 0.25) is 0 Å². The van der Waals surface area contributed by atoms with E-state index in [2.05, 4.69) is 9.97 Å². The molecule has 0 aliphatic rings. The Morgan fingerprint density at radius 2 is 2.21 bits per heavy atom. The Labute approximate surface area is 93.1 Å². The van der Waals surface area contributed by atoms with Crippen molar-refractivity contribution in [3.8, 4) is 0 Å². The molecule has 0 saturated carbocycles. The fourth-order valence-corrected chi connectivity index (χ4v) is 1.39. The van der Waals surface area contributed by atoms with Crippen LogP contribution in [-0.2, 0) is 0 Å². The SMILES string of the molecule is CC(N)c1nc2ccc(Cl)cc2[nH]1.Cl. The van der Waals surface area contributed by atoms with Crippen LogP contribution in [-0.4, -0.2) is 9.97 Å². The average Bonchev–Trinajstić information content (AvgIpc) is 2.46. The van der Waals surface area contributed by atoms with Crippen molar-refractivity contribution in [1.82, 2.24) is 9.97 Å². The van der Waals surface area contributed by atoms with Crippen LogP contribution < -0.4 is 5.73 Å².